The lowest BCUT2D eigenvalue weighted by atomic mass is 10.1. The molecular weight excluding hydrogens is 192 g/mol. The number of ether oxygens (including phenoxy) is 2. The van der Waals surface area contributed by atoms with E-state index in [1.807, 2.05) is 0 Å². The summed E-state index contributed by atoms with van der Waals surface area (Å²) in [7, 11) is 1.13. The van der Waals surface area contributed by atoms with E-state index in [4.69, 9.17) is 14.9 Å². The summed E-state index contributed by atoms with van der Waals surface area (Å²) in [5, 5.41) is 17.0. The van der Waals surface area contributed by atoms with Crippen LogP contribution in [0.15, 0.2) is 0 Å². The Balaban J connectivity index is 3.86. The number of aliphatic hydroxyl groups excluding tert-OH is 1. The van der Waals surface area contributed by atoms with Crippen molar-refractivity contribution in [2.75, 3.05) is 26.9 Å². The van der Waals surface area contributed by atoms with Crippen LogP contribution in [0.3, 0.4) is 0 Å². The molecule has 14 heavy (non-hydrogen) atoms. The zero-order valence-electron chi connectivity index (χ0n) is 7.93. The first kappa shape index (κ1) is 12.9. The minimum atomic E-state index is -1.23. The number of esters is 1. The summed E-state index contributed by atoms with van der Waals surface area (Å²) in [6.45, 7) is 0.107. The Morgan fingerprint density at radius 1 is 1.36 bits per heavy atom. The molecule has 82 valence electrons. The monoisotopic (exact) mass is 206 g/mol. The maximum atomic E-state index is 10.9. The lowest BCUT2D eigenvalue weighted by Gasteiger charge is -2.09. The van der Waals surface area contributed by atoms with Crippen LogP contribution in [0.1, 0.15) is 6.42 Å². The summed E-state index contributed by atoms with van der Waals surface area (Å²) in [6.07, 6.45) is 0.0437. The zero-order valence-corrected chi connectivity index (χ0v) is 7.93. The third kappa shape index (κ3) is 4.78. The highest BCUT2D eigenvalue weighted by Crippen LogP contribution is 2.05. The summed E-state index contributed by atoms with van der Waals surface area (Å²) in [6, 6.07) is 0. The van der Waals surface area contributed by atoms with Crippen LogP contribution < -0.4 is 0 Å². The number of rotatable bonds is 7. The highest BCUT2D eigenvalue weighted by Gasteiger charge is 2.26. The Morgan fingerprint density at radius 3 is 2.43 bits per heavy atom. The highest BCUT2D eigenvalue weighted by atomic mass is 16.5. The second-order valence-electron chi connectivity index (χ2n) is 2.54. The molecule has 0 spiro atoms. The van der Waals surface area contributed by atoms with Crippen molar-refractivity contribution in [3.63, 3.8) is 0 Å². The van der Waals surface area contributed by atoms with E-state index in [0.717, 1.165) is 7.11 Å². The lowest BCUT2D eigenvalue weighted by molar-refractivity contribution is -0.157. The SMILES string of the molecule is COC(=O)C(CCOCCO)C(=O)O. The fourth-order valence-electron chi connectivity index (χ4n) is 0.852. The molecule has 0 radical (unpaired) electrons. The number of carboxylic acid groups (broad SMARTS) is 1. The van der Waals surface area contributed by atoms with Crippen LogP contribution in [0, 0.1) is 5.92 Å². The molecule has 0 saturated carbocycles. The van der Waals surface area contributed by atoms with Crippen molar-refractivity contribution in [1.29, 1.82) is 0 Å². The Bertz CT molecular complexity index is 190. The molecule has 0 fully saturated rings. The molecule has 1 unspecified atom stereocenters. The van der Waals surface area contributed by atoms with Crippen LogP contribution in [0.25, 0.3) is 0 Å². The molecule has 6 nitrogen and oxygen atoms in total. The third-order valence-electron chi connectivity index (χ3n) is 1.57. The van der Waals surface area contributed by atoms with Crippen LogP contribution in [-0.4, -0.2) is 49.1 Å². The van der Waals surface area contributed by atoms with E-state index in [0.29, 0.717) is 0 Å². The summed E-state index contributed by atoms with van der Waals surface area (Å²) in [5.41, 5.74) is 0. The maximum Gasteiger partial charge on any atom is 0.320 e. The summed E-state index contributed by atoms with van der Waals surface area (Å²) >= 11 is 0. The number of carbonyl (C=O) groups is 2. The van der Waals surface area contributed by atoms with Crippen molar-refractivity contribution in [1.82, 2.24) is 0 Å². The smallest absolute Gasteiger partial charge is 0.320 e. The zero-order chi connectivity index (χ0) is 11.0. The van der Waals surface area contributed by atoms with Crippen molar-refractivity contribution in [3.05, 3.63) is 0 Å². The topological polar surface area (TPSA) is 93.1 Å². The van der Waals surface area contributed by atoms with Gasteiger partial charge in [0.2, 0.25) is 0 Å². The van der Waals surface area contributed by atoms with Crippen molar-refractivity contribution in [3.8, 4) is 0 Å². The van der Waals surface area contributed by atoms with Crippen LogP contribution in [0.4, 0.5) is 0 Å². The van der Waals surface area contributed by atoms with Crippen molar-refractivity contribution in [2.24, 2.45) is 5.92 Å². The first-order chi connectivity index (χ1) is 6.63. The van der Waals surface area contributed by atoms with E-state index in [1.165, 1.54) is 0 Å². The second-order valence-corrected chi connectivity index (χ2v) is 2.54. The van der Waals surface area contributed by atoms with Crippen molar-refractivity contribution in [2.45, 2.75) is 6.42 Å². The van der Waals surface area contributed by atoms with Crippen LogP contribution in [0.2, 0.25) is 0 Å². The first-order valence-electron chi connectivity index (χ1n) is 4.12. The molecule has 0 rings (SSSR count). The number of carbonyl (C=O) groups excluding carboxylic acids is 1. The number of aliphatic carboxylic acids is 1. The molecule has 0 aromatic rings. The molecule has 0 aliphatic heterocycles. The van der Waals surface area contributed by atoms with Crippen LogP contribution in [-0.2, 0) is 19.1 Å². The Morgan fingerprint density at radius 2 is 2.00 bits per heavy atom. The van der Waals surface area contributed by atoms with E-state index in [2.05, 4.69) is 4.74 Å². The molecule has 6 heteroatoms. The summed E-state index contributed by atoms with van der Waals surface area (Å²) < 4.78 is 9.14. The second kappa shape index (κ2) is 7.28. The molecule has 0 aliphatic rings. The van der Waals surface area contributed by atoms with Gasteiger partial charge < -0.3 is 19.7 Å². The van der Waals surface area contributed by atoms with E-state index in [-0.39, 0.29) is 26.2 Å². The number of hydrogen-bond donors (Lipinski definition) is 2. The van der Waals surface area contributed by atoms with Gasteiger partial charge in [0.15, 0.2) is 5.92 Å². The van der Waals surface area contributed by atoms with Gasteiger partial charge in [-0.05, 0) is 6.42 Å². The number of methoxy groups -OCH3 is 1. The summed E-state index contributed by atoms with van der Waals surface area (Å²) in [4.78, 5) is 21.5. The minimum Gasteiger partial charge on any atom is -0.481 e. The molecule has 0 aromatic carbocycles. The molecule has 0 amide bonds. The van der Waals surface area contributed by atoms with Crippen molar-refractivity contribution >= 4 is 11.9 Å². The number of carboxylic acids is 1. The van der Waals surface area contributed by atoms with Gasteiger partial charge in [0.1, 0.15) is 0 Å². The largest absolute Gasteiger partial charge is 0.481 e. The number of hydrogen-bond acceptors (Lipinski definition) is 5. The molecule has 0 bridgehead atoms. The lowest BCUT2D eigenvalue weighted by Crippen LogP contribution is -2.26. The van der Waals surface area contributed by atoms with Gasteiger partial charge in [0.05, 0.1) is 20.3 Å². The Labute approximate surface area is 81.4 Å². The highest BCUT2D eigenvalue weighted by molar-refractivity contribution is 5.93. The minimum absolute atomic E-state index is 0.0437. The van der Waals surface area contributed by atoms with E-state index >= 15 is 0 Å². The molecule has 0 aliphatic carbocycles. The van der Waals surface area contributed by atoms with E-state index in [1.54, 1.807) is 0 Å². The van der Waals surface area contributed by atoms with E-state index < -0.39 is 17.9 Å². The molecule has 0 saturated heterocycles. The predicted octanol–water partition coefficient (Wildman–Crippen LogP) is -0.741. The van der Waals surface area contributed by atoms with Gasteiger partial charge in [0, 0.05) is 6.61 Å². The van der Waals surface area contributed by atoms with Crippen molar-refractivity contribution < 1.29 is 29.3 Å². The standard InChI is InChI=1S/C8H14O6/c1-13-8(12)6(7(10)11)2-4-14-5-3-9/h6,9H,2-5H2,1H3,(H,10,11). The van der Waals surface area contributed by atoms with Gasteiger partial charge in [-0.25, -0.2) is 0 Å². The number of aliphatic hydroxyl groups is 1. The maximum absolute atomic E-state index is 10.9. The van der Waals surface area contributed by atoms with Gasteiger partial charge in [-0.3, -0.25) is 9.59 Å². The quantitative estimate of drug-likeness (QED) is 0.324. The van der Waals surface area contributed by atoms with Gasteiger partial charge in [0.25, 0.3) is 0 Å². The Hall–Kier alpha value is -1.14. The fraction of sp³-hybridized carbons (Fsp3) is 0.750. The predicted molar refractivity (Wildman–Crippen MR) is 45.7 cm³/mol. The average molecular weight is 206 g/mol. The average Bonchev–Trinajstić information content (AvgIpc) is 2.16. The molecular formula is C8H14O6. The fourth-order valence-corrected chi connectivity index (χ4v) is 0.852. The normalized spacial score (nSPS) is 12.1. The Kier molecular flexibility index (Phi) is 6.69. The third-order valence-corrected chi connectivity index (χ3v) is 1.57. The van der Waals surface area contributed by atoms with Gasteiger partial charge >= 0.3 is 11.9 Å². The molecule has 0 aromatic heterocycles. The molecule has 0 heterocycles. The van der Waals surface area contributed by atoms with Gasteiger partial charge in [-0.1, -0.05) is 0 Å². The van der Waals surface area contributed by atoms with E-state index in [9.17, 15) is 9.59 Å². The van der Waals surface area contributed by atoms with Crippen LogP contribution in [0.5, 0.6) is 0 Å². The van der Waals surface area contributed by atoms with Crippen LogP contribution >= 0.6 is 0 Å². The molecule has 2 N–H and O–H groups in total. The van der Waals surface area contributed by atoms with Gasteiger partial charge in [-0.2, -0.15) is 0 Å². The molecule has 1 atom stereocenters. The van der Waals surface area contributed by atoms with Gasteiger partial charge in [-0.15, -0.1) is 0 Å². The first-order valence-corrected chi connectivity index (χ1v) is 4.12. The summed E-state index contributed by atoms with van der Waals surface area (Å²) in [5.74, 6) is -3.21.